The van der Waals surface area contributed by atoms with Gasteiger partial charge in [-0.3, -0.25) is 4.79 Å². The highest BCUT2D eigenvalue weighted by Crippen LogP contribution is 2.48. The Morgan fingerprint density at radius 2 is 2.29 bits per heavy atom. The Morgan fingerprint density at radius 3 is 2.79 bits per heavy atom. The van der Waals surface area contributed by atoms with Gasteiger partial charge in [-0.2, -0.15) is 0 Å². The molecule has 0 bridgehead atoms. The zero-order chi connectivity index (χ0) is 10.0. The molecule has 14 heavy (non-hydrogen) atoms. The Bertz CT molecular complexity index is 217. The quantitative estimate of drug-likeness (QED) is 0.709. The van der Waals surface area contributed by atoms with Crippen LogP contribution in [0.25, 0.3) is 0 Å². The molecule has 80 valence electrons. The topological polar surface area (TPSA) is 47.6 Å². The molecular weight excluding hydrogens is 182 g/mol. The van der Waals surface area contributed by atoms with Crippen molar-refractivity contribution < 1.29 is 14.3 Å². The van der Waals surface area contributed by atoms with Crippen LogP contribution in [0.15, 0.2) is 0 Å². The van der Waals surface area contributed by atoms with Crippen LogP contribution >= 0.6 is 0 Å². The van der Waals surface area contributed by atoms with Gasteiger partial charge in [0.2, 0.25) is 5.91 Å². The summed E-state index contributed by atoms with van der Waals surface area (Å²) < 4.78 is 10.7. The molecule has 0 unspecified atom stereocenters. The number of hydrogen-bond donors (Lipinski definition) is 1. The van der Waals surface area contributed by atoms with Crippen LogP contribution in [-0.2, 0) is 14.3 Å². The number of nitrogens with one attached hydrogen (secondary N) is 1. The van der Waals surface area contributed by atoms with E-state index in [4.69, 9.17) is 9.47 Å². The molecule has 1 aliphatic carbocycles. The van der Waals surface area contributed by atoms with Crippen molar-refractivity contribution >= 4 is 5.91 Å². The molecule has 4 heteroatoms. The summed E-state index contributed by atoms with van der Waals surface area (Å²) in [6, 6.07) is 0. The predicted octanol–water partition coefficient (Wildman–Crippen LogP) is 0.318. The fraction of sp³-hybridized carbons (Fsp3) is 0.900. The fourth-order valence-corrected chi connectivity index (χ4v) is 2.09. The Hall–Kier alpha value is -0.610. The second-order valence-corrected chi connectivity index (χ2v) is 4.32. The van der Waals surface area contributed by atoms with E-state index in [-0.39, 0.29) is 5.91 Å². The lowest BCUT2D eigenvalue weighted by molar-refractivity contribution is -0.209. The monoisotopic (exact) mass is 199 g/mol. The van der Waals surface area contributed by atoms with Crippen LogP contribution in [-0.4, -0.2) is 38.9 Å². The third-order valence-electron chi connectivity index (χ3n) is 3.10. The first-order valence-corrected chi connectivity index (χ1v) is 5.14. The number of amides is 1. The molecule has 1 amide bonds. The van der Waals surface area contributed by atoms with Crippen molar-refractivity contribution in [2.24, 2.45) is 5.41 Å². The molecular formula is C10H17NO3. The number of rotatable bonds is 4. The summed E-state index contributed by atoms with van der Waals surface area (Å²) in [4.78, 5) is 10.9. The van der Waals surface area contributed by atoms with Gasteiger partial charge in [0.15, 0.2) is 0 Å². The lowest BCUT2D eigenvalue weighted by atomic mass is 9.65. The molecule has 1 aliphatic heterocycles. The van der Waals surface area contributed by atoms with E-state index in [2.05, 4.69) is 5.32 Å². The molecule has 0 radical (unpaired) electrons. The van der Waals surface area contributed by atoms with Crippen molar-refractivity contribution in [1.82, 2.24) is 5.32 Å². The lowest BCUT2D eigenvalue weighted by Gasteiger charge is -2.52. The number of hydrogen-bond acceptors (Lipinski definition) is 3. The van der Waals surface area contributed by atoms with Crippen LogP contribution < -0.4 is 5.32 Å². The summed E-state index contributed by atoms with van der Waals surface area (Å²) in [6.45, 7) is 2.35. The van der Waals surface area contributed by atoms with Crippen molar-refractivity contribution in [3.63, 3.8) is 0 Å². The lowest BCUT2D eigenvalue weighted by Crippen LogP contribution is -2.55. The molecule has 1 saturated carbocycles. The van der Waals surface area contributed by atoms with Crippen molar-refractivity contribution in [2.75, 3.05) is 26.9 Å². The SMILES string of the molecule is CNC(=O)CCOC1CC2(COC2)C1. The minimum atomic E-state index is 0.0472. The molecule has 0 aromatic rings. The smallest absolute Gasteiger partial charge is 0.222 e. The Morgan fingerprint density at radius 1 is 1.57 bits per heavy atom. The third-order valence-corrected chi connectivity index (χ3v) is 3.10. The maximum atomic E-state index is 10.9. The van der Waals surface area contributed by atoms with E-state index < -0.39 is 0 Å². The Kier molecular flexibility index (Phi) is 2.74. The van der Waals surface area contributed by atoms with Gasteiger partial charge in [-0.1, -0.05) is 0 Å². The highest BCUT2D eigenvalue weighted by Gasteiger charge is 2.50. The van der Waals surface area contributed by atoms with E-state index in [0.29, 0.717) is 24.5 Å². The highest BCUT2D eigenvalue weighted by atomic mass is 16.5. The molecule has 1 spiro atoms. The first-order chi connectivity index (χ1) is 6.74. The maximum Gasteiger partial charge on any atom is 0.222 e. The second-order valence-electron chi connectivity index (χ2n) is 4.32. The van der Waals surface area contributed by atoms with Gasteiger partial charge in [0.1, 0.15) is 0 Å². The Labute approximate surface area is 84.0 Å². The molecule has 4 nitrogen and oxygen atoms in total. The van der Waals surface area contributed by atoms with Crippen LogP contribution in [0.5, 0.6) is 0 Å². The van der Waals surface area contributed by atoms with Crippen molar-refractivity contribution in [2.45, 2.75) is 25.4 Å². The van der Waals surface area contributed by atoms with E-state index in [1.165, 1.54) is 0 Å². The van der Waals surface area contributed by atoms with Crippen LogP contribution in [0, 0.1) is 5.41 Å². The first kappa shape index (κ1) is 9.93. The van der Waals surface area contributed by atoms with Crippen molar-refractivity contribution in [3.8, 4) is 0 Å². The zero-order valence-corrected chi connectivity index (χ0v) is 8.54. The Balaban J connectivity index is 1.54. The molecule has 0 aromatic heterocycles. The van der Waals surface area contributed by atoms with Gasteiger partial charge < -0.3 is 14.8 Å². The number of carbonyl (C=O) groups is 1. The maximum absolute atomic E-state index is 10.9. The predicted molar refractivity (Wildman–Crippen MR) is 50.9 cm³/mol. The third kappa shape index (κ3) is 1.91. The zero-order valence-electron chi connectivity index (χ0n) is 8.54. The molecule has 2 rings (SSSR count). The minimum absolute atomic E-state index is 0.0472. The van der Waals surface area contributed by atoms with Gasteiger partial charge in [0.05, 0.1) is 25.9 Å². The normalized spacial score (nSPS) is 24.1. The average Bonchev–Trinajstić information content (AvgIpc) is 2.05. The van der Waals surface area contributed by atoms with Crippen molar-refractivity contribution in [3.05, 3.63) is 0 Å². The second kappa shape index (κ2) is 3.87. The molecule has 0 aromatic carbocycles. The first-order valence-electron chi connectivity index (χ1n) is 5.14. The van der Waals surface area contributed by atoms with Gasteiger partial charge in [0.25, 0.3) is 0 Å². The molecule has 1 N–H and O–H groups in total. The van der Waals surface area contributed by atoms with Crippen LogP contribution in [0.2, 0.25) is 0 Å². The fourth-order valence-electron chi connectivity index (χ4n) is 2.09. The summed E-state index contributed by atoms with van der Waals surface area (Å²) in [5.41, 5.74) is 0.456. The minimum Gasteiger partial charge on any atom is -0.380 e. The van der Waals surface area contributed by atoms with E-state index in [9.17, 15) is 4.79 Å². The van der Waals surface area contributed by atoms with Crippen LogP contribution in [0.3, 0.4) is 0 Å². The molecule has 2 fully saturated rings. The molecule has 1 saturated heterocycles. The summed E-state index contributed by atoms with van der Waals surface area (Å²) >= 11 is 0. The standard InChI is InChI=1S/C10H17NO3/c1-11-9(12)2-3-14-8-4-10(5-8)6-13-7-10/h8H,2-7H2,1H3,(H,11,12). The van der Waals surface area contributed by atoms with Gasteiger partial charge >= 0.3 is 0 Å². The molecule has 2 aliphatic rings. The summed E-state index contributed by atoms with van der Waals surface area (Å²) in [5.74, 6) is 0.0472. The molecule has 1 heterocycles. The summed E-state index contributed by atoms with van der Waals surface area (Å²) in [6.07, 6.45) is 3.06. The molecule has 0 atom stereocenters. The summed E-state index contributed by atoms with van der Waals surface area (Å²) in [7, 11) is 1.65. The largest absolute Gasteiger partial charge is 0.380 e. The van der Waals surface area contributed by atoms with Crippen LogP contribution in [0.1, 0.15) is 19.3 Å². The van der Waals surface area contributed by atoms with Gasteiger partial charge in [-0.15, -0.1) is 0 Å². The number of ether oxygens (including phenoxy) is 2. The van der Waals surface area contributed by atoms with Gasteiger partial charge in [-0.05, 0) is 12.8 Å². The number of carbonyl (C=O) groups excluding carboxylic acids is 1. The van der Waals surface area contributed by atoms with E-state index in [1.54, 1.807) is 7.05 Å². The van der Waals surface area contributed by atoms with Crippen molar-refractivity contribution in [1.29, 1.82) is 0 Å². The van der Waals surface area contributed by atoms with Gasteiger partial charge in [-0.25, -0.2) is 0 Å². The average molecular weight is 199 g/mol. The van der Waals surface area contributed by atoms with E-state index >= 15 is 0 Å². The summed E-state index contributed by atoms with van der Waals surface area (Å²) in [5, 5.41) is 2.57. The van der Waals surface area contributed by atoms with Gasteiger partial charge in [0, 0.05) is 18.9 Å². The highest BCUT2D eigenvalue weighted by molar-refractivity contribution is 5.75. The van der Waals surface area contributed by atoms with Crippen LogP contribution in [0.4, 0.5) is 0 Å². The van der Waals surface area contributed by atoms with E-state index in [1.807, 2.05) is 0 Å². The van der Waals surface area contributed by atoms with E-state index in [0.717, 1.165) is 26.1 Å².